The number of rotatable bonds is 3. The number of carbonyl (C=O) groups excluding carboxylic acids is 1. The minimum atomic E-state index is -0.501. The van der Waals surface area contributed by atoms with E-state index in [1.54, 1.807) is 6.33 Å². The normalized spacial score (nSPS) is 10.4. The SMILES string of the molecule is NC(=O)NCCn1cnc2ccccc21. The van der Waals surface area contributed by atoms with Crippen LogP contribution in [0.4, 0.5) is 4.79 Å². The molecule has 0 aliphatic carbocycles. The van der Waals surface area contributed by atoms with Crippen LogP contribution in [-0.4, -0.2) is 22.1 Å². The molecule has 0 atom stereocenters. The summed E-state index contributed by atoms with van der Waals surface area (Å²) in [6.45, 7) is 1.18. The van der Waals surface area contributed by atoms with E-state index in [0.29, 0.717) is 13.1 Å². The number of imidazole rings is 1. The molecular formula is C10H12N4O. The highest BCUT2D eigenvalue weighted by molar-refractivity contribution is 5.75. The van der Waals surface area contributed by atoms with Gasteiger partial charge in [-0.1, -0.05) is 12.1 Å². The number of primary amides is 1. The van der Waals surface area contributed by atoms with Gasteiger partial charge in [0, 0.05) is 13.1 Å². The Labute approximate surface area is 86.9 Å². The summed E-state index contributed by atoms with van der Waals surface area (Å²) in [4.78, 5) is 14.7. The summed E-state index contributed by atoms with van der Waals surface area (Å²) in [6, 6.07) is 7.35. The average molecular weight is 204 g/mol. The van der Waals surface area contributed by atoms with Crippen LogP contribution in [0.3, 0.4) is 0 Å². The Morgan fingerprint density at radius 3 is 3.07 bits per heavy atom. The van der Waals surface area contributed by atoms with E-state index in [9.17, 15) is 4.79 Å². The molecule has 0 spiro atoms. The van der Waals surface area contributed by atoms with Gasteiger partial charge < -0.3 is 15.6 Å². The molecule has 0 saturated carbocycles. The molecule has 0 aliphatic heterocycles. The summed E-state index contributed by atoms with van der Waals surface area (Å²) in [5.74, 6) is 0. The number of amides is 2. The van der Waals surface area contributed by atoms with E-state index in [1.165, 1.54) is 0 Å². The van der Waals surface area contributed by atoms with Crippen molar-refractivity contribution in [2.45, 2.75) is 6.54 Å². The maximum Gasteiger partial charge on any atom is 0.312 e. The second-order valence-corrected chi connectivity index (χ2v) is 3.22. The third-order valence-corrected chi connectivity index (χ3v) is 2.18. The van der Waals surface area contributed by atoms with Crippen LogP contribution < -0.4 is 11.1 Å². The van der Waals surface area contributed by atoms with Gasteiger partial charge in [0.1, 0.15) is 0 Å². The molecule has 0 saturated heterocycles. The van der Waals surface area contributed by atoms with E-state index in [0.717, 1.165) is 11.0 Å². The fraction of sp³-hybridized carbons (Fsp3) is 0.200. The van der Waals surface area contributed by atoms with Crippen LogP contribution in [-0.2, 0) is 6.54 Å². The van der Waals surface area contributed by atoms with Crippen molar-refractivity contribution in [2.75, 3.05) is 6.54 Å². The lowest BCUT2D eigenvalue weighted by atomic mass is 10.3. The molecule has 0 fully saturated rings. The number of benzene rings is 1. The number of hydrogen-bond acceptors (Lipinski definition) is 2. The van der Waals surface area contributed by atoms with Gasteiger partial charge in [0.2, 0.25) is 0 Å². The molecular weight excluding hydrogens is 192 g/mol. The first-order valence-corrected chi connectivity index (χ1v) is 4.70. The maximum atomic E-state index is 10.5. The Bertz CT molecular complexity index is 477. The quantitative estimate of drug-likeness (QED) is 0.772. The van der Waals surface area contributed by atoms with Crippen LogP contribution >= 0.6 is 0 Å². The van der Waals surface area contributed by atoms with Gasteiger partial charge in [-0.05, 0) is 12.1 Å². The third-order valence-electron chi connectivity index (χ3n) is 2.18. The highest BCUT2D eigenvalue weighted by Crippen LogP contribution is 2.10. The third kappa shape index (κ3) is 2.07. The highest BCUT2D eigenvalue weighted by atomic mass is 16.2. The predicted octanol–water partition coefficient (Wildman–Crippen LogP) is 0.705. The zero-order chi connectivity index (χ0) is 10.7. The van der Waals surface area contributed by atoms with Gasteiger partial charge in [0.05, 0.1) is 17.4 Å². The molecule has 2 amide bonds. The van der Waals surface area contributed by atoms with Crippen LogP contribution in [0.15, 0.2) is 30.6 Å². The van der Waals surface area contributed by atoms with E-state index in [1.807, 2.05) is 28.8 Å². The number of aromatic nitrogens is 2. The van der Waals surface area contributed by atoms with Gasteiger partial charge in [-0.15, -0.1) is 0 Å². The fourth-order valence-corrected chi connectivity index (χ4v) is 1.49. The molecule has 0 bridgehead atoms. The molecule has 3 N–H and O–H groups in total. The number of nitrogens with one attached hydrogen (secondary N) is 1. The van der Waals surface area contributed by atoms with Gasteiger partial charge in [-0.2, -0.15) is 0 Å². The monoisotopic (exact) mass is 204 g/mol. The lowest BCUT2D eigenvalue weighted by Crippen LogP contribution is -2.31. The maximum absolute atomic E-state index is 10.5. The van der Waals surface area contributed by atoms with Crippen LogP contribution in [0.1, 0.15) is 0 Å². The largest absolute Gasteiger partial charge is 0.352 e. The molecule has 2 rings (SSSR count). The molecule has 1 heterocycles. The van der Waals surface area contributed by atoms with Crippen molar-refractivity contribution in [3.63, 3.8) is 0 Å². The first-order chi connectivity index (χ1) is 7.27. The average Bonchev–Trinajstić information content (AvgIpc) is 2.62. The Kier molecular flexibility index (Phi) is 2.53. The molecule has 0 radical (unpaired) electrons. The standard InChI is InChI=1S/C10H12N4O/c11-10(15)12-5-6-14-7-13-8-3-1-2-4-9(8)14/h1-4,7H,5-6H2,(H3,11,12,15). The van der Waals surface area contributed by atoms with Crippen LogP contribution in [0, 0.1) is 0 Å². The fourth-order valence-electron chi connectivity index (χ4n) is 1.49. The van der Waals surface area contributed by atoms with Crippen molar-refractivity contribution >= 4 is 17.1 Å². The van der Waals surface area contributed by atoms with Crippen LogP contribution in [0.2, 0.25) is 0 Å². The molecule has 5 nitrogen and oxygen atoms in total. The Hall–Kier alpha value is -2.04. The summed E-state index contributed by atoms with van der Waals surface area (Å²) in [7, 11) is 0. The van der Waals surface area contributed by atoms with E-state index in [4.69, 9.17) is 5.73 Å². The minimum Gasteiger partial charge on any atom is -0.352 e. The smallest absolute Gasteiger partial charge is 0.312 e. The highest BCUT2D eigenvalue weighted by Gasteiger charge is 2.00. The minimum absolute atomic E-state index is 0.501. The first-order valence-electron chi connectivity index (χ1n) is 4.70. The number of fused-ring (bicyclic) bond motifs is 1. The number of carbonyl (C=O) groups is 1. The van der Waals surface area contributed by atoms with E-state index in [-0.39, 0.29) is 0 Å². The molecule has 1 aromatic carbocycles. The molecule has 78 valence electrons. The summed E-state index contributed by atoms with van der Waals surface area (Å²) in [5, 5.41) is 2.54. The Balaban J connectivity index is 2.11. The molecule has 0 aliphatic rings. The Morgan fingerprint density at radius 1 is 1.47 bits per heavy atom. The summed E-state index contributed by atoms with van der Waals surface area (Å²) >= 11 is 0. The van der Waals surface area contributed by atoms with Crippen molar-refractivity contribution < 1.29 is 4.79 Å². The zero-order valence-corrected chi connectivity index (χ0v) is 8.18. The van der Waals surface area contributed by atoms with E-state index < -0.39 is 6.03 Å². The number of hydrogen-bond donors (Lipinski definition) is 2. The molecule has 0 unspecified atom stereocenters. The molecule has 5 heteroatoms. The van der Waals surface area contributed by atoms with Gasteiger partial charge in [0.15, 0.2) is 0 Å². The lowest BCUT2D eigenvalue weighted by Gasteiger charge is -2.04. The molecule has 2 aromatic rings. The number of nitrogens with two attached hydrogens (primary N) is 1. The second kappa shape index (κ2) is 4.00. The second-order valence-electron chi connectivity index (χ2n) is 3.22. The summed E-state index contributed by atoms with van der Waals surface area (Å²) < 4.78 is 1.98. The van der Waals surface area contributed by atoms with Crippen molar-refractivity contribution in [3.05, 3.63) is 30.6 Å². The number of nitrogens with zero attached hydrogens (tertiary/aromatic N) is 2. The number of urea groups is 1. The predicted molar refractivity (Wildman–Crippen MR) is 57.3 cm³/mol. The molecule has 1 aromatic heterocycles. The topological polar surface area (TPSA) is 72.9 Å². The Morgan fingerprint density at radius 2 is 2.27 bits per heavy atom. The van der Waals surface area contributed by atoms with Crippen LogP contribution in [0.25, 0.3) is 11.0 Å². The lowest BCUT2D eigenvalue weighted by molar-refractivity contribution is 0.248. The summed E-state index contributed by atoms with van der Waals surface area (Å²) in [6.07, 6.45) is 1.76. The van der Waals surface area contributed by atoms with E-state index in [2.05, 4.69) is 10.3 Å². The number of para-hydroxylation sites is 2. The van der Waals surface area contributed by atoms with Crippen molar-refractivity contribution in [3.8, 4) is 0 Å². The van der Waals surface area contributed by atoms with Crippen LogP contribution in [0.5, 0.6) is 0 Å². The first kappa shape index (κ1) is 9.51. The summed E-state index contributed by atoms with van der Waals surface area (Å²) in [5.41, 5.74) is 6.98. The van der Waals surface area contributed by atoms with Crippen molar-refractivity contribution in [1.82, 2.24) is 14.9 Å². The van der Waals surface area contributed by atoms with Gasteiger partial charge in [-0.25, -0.2) is 9.78 Å². The van der Waals surface area contributed by atoms with Crippen molar-refractivity contribution in [1.29, 1.82) is 0 Å². The molecule has 15 heavy (non-hydrogen) atoms. The van der Waals surface area contributed by atoms with Crippen molar-refractivity contribution in [2.24, 2.45) is 5.73 Å². The zero-order valence-electron chi connectivity index (χ0n) is 8.18. The van der Waals surface area contributed by atoms with E-state index >= 15 is 0 Å². The van der Waals surface area contributed by atoms with Gasteiger partial charge in [-0.3, -0.25) is 0 Å². The van der Waals surface area contributed by atoms with Gasteiger partial charge in [0.25, 0.3) is 0 Å². The van der Waals surface area contributed by atoms with Gasteiger partial charge >= 0.3 is 6.03 Å².